The summed E-state index contributed by atoms with van der Waals surface area (Å²) in [5.41, 5.74) is 6.85. The summed E-state index contributed by atoms with van der Waals surface area (Å²) < 4.78 is 0. The molecule has 3 rings (SSSR count). The summed E-state index contributed by atoms with van der Waals surface area (Å²) in [6.45, 7) is 2.94. The fourth-order valence-corrected chi connectivity index (χ4v) is 5.08. The molecule has 0 bridgehead atoms. The van der Waals surface area contributed by atoms with E-state index in [1.807, 2.05) is 0 Å². The molecule has 0 spiro atoms. The summed E-state index contributed by atoms with van der Waals surface area (Å²) in [5.74, 6) is -2.84. The van der Waals surface area contributed by atoms with Crippen molar-refractivity contribution in [2.24, 2.45) is 11.7 Å². The van der Waals surface area contributed by atoms with Crippen molar-refractivity contribution in [3.63, 3.8) is 0 Å². The molecule has 39 heavy (non-hydrogen) atoms. The number of carboxylic acids is 1. The average molecular weight is 545 g/mol. The summed E-state index contributed by atoms with van der Waals surface area (Å²) in [6.07, 6.45) is 8.62. The number of carbonyl (C=O) groups excluding carboxylic acids is 3. The summed E-state index contributed by atoms with van der Waals surface area (Å²) in [4.78, 5) is 51.1. The number of aliphatic carboxylic acids is 1. The van der Waals surface area contributed by atoms with Crippen LogP contribution in [0, 0.1) is 11.3 Å². The Morgan fingerprint density at radius 3 is 2.13 bits per heavy atom. The SMILES string of the molecule is CC(=O)O.CN(C)C(=O)C(Cc1ccc(C(=N)N)cc1)C(=O)NCC(=O)NC1CCN(C2CCCCC2)CC1. The molecule has 1 saturated heterocycles. The number of nitrogens with two attached hydrogens (primary N) is 1. The van der Waals surface area contributed by atoms with Crippen LogP contribution in [0.5, 0.6) is 0 Å². The van der Waals surface area contributed by atoms with Gasteiger partial charge in [-0.05, 0) is 37.7 Å². The number of piperidine rings is 1. The number of hydrogen-bond donors (Lipinski definition) is 5. The van der Waals surface area contributed by atoms with E-state index in [2.05, 4.69) is 15.5 Å². The Hall–Kier alpha value is -3.47. The molecule has 1 aromatic carbocycles. The summed E-state index contributed by atoms with van der Waals surface area (Å²) in [6, 6.07) is 7.72. The van der Waals surface area contributed by atoms with Gasteiger partial charge in [-0.25, -0.2) is 0 Å². The van der Waals surface area contributed by atoms with E-state index in [9.17, 15) is 14.4 Å². The molecule has 1 aliphatic heterocycles. The number of likely N-dealkylation sites (tertiary alicyclic amines) is 1. The fraction of sp³-hybridized carbons (Fsp3) is 0.607. The van der Waals surface area contributed by atoms with Gasteiger partial charge < -0.3 is 31.3 Å². The maximum atomic E-state index is 12.9. The number of benzene rings is 1. The third-order valence-corrected chi connectivity index (χ3v) is 7.17. The highest BCUT2D eigenvalue weighted by atomic mass is 16.4. The summed E-state index contributed by atoms with van der Waals surface area (Å²) in [7, 11) is 3.21. The second kappa shape index (κ2) is 15.8. The largest absolute Gasteiger partial charge is 0.481 e. The van der Waals surface area contributed by atoms with E-state index in [0.29, 0.717) is 11.6 Å². The molecule has 2 fully saturated rings. The van der Waals surface area contributed by atoms with Gasteiger partial charge in [0.25, 0.3) is 5.97 Å². The molecule has 1 heterocycles. The highest BCUT2D eigenvalue weighted by Crippen LogP contribution is 2.25. The fourth-order valence-electron chi connectivity index (χ4n) is 5.08. The molecule has 2 aliphatic rings. The van der Waals surface area contributed by atoms with Crippen LogP contribution in [-0.2, 0) is 25.6 Å². The lowest BCUT2D eigenvalue weighted by Crippen LogP contribution is -2.50. The maximum Gasteiger partial charge on any atom is 0.300 e. The lowest BCUT2D eigenvalue weighted by atomic mass is 9.92. The quantitative estimate of drug-likeness (QED) is 0.177. The number of hydrogen-bond acceptors (Lipinski definition) is 6. The number of amides is 3. The minimum absolute atomic E-state index is 0.0408. The Morgan fingerprint density at radius 2 is 1.62 bits per heavy atom. The Labute approximate surface area is 231 Å². The molecule has 216 valence electrons. The van der Waals surface area contributed by atoms with Crippen molar-refractivity contribution in [1.29, 1.82) is 5.41 Å². The van der Waals surface area contributed by atoms with Crippen LogP contribution in [0.1, 0.15) is 63.0 Å². The van der Waals surface area contributed by atoms with Crippen LogP contribution in [0.3, 0.4) is 0 Å². The number of amidine groups is 1. The first-order valence-corrected chi connectivity index (χ1v) is 13.6. The maximum absolute atomic E-state index is 12.9. The van der Waals surface area contributed by atoms with Crippen LogP contribution in [-0.4, -0.2) is 90.2 Å². The third kappa shape index (κ3) is 11.0. The lowest BCUT2D eigenvalue weighted by molar-refractivity contribution is -0.141. The number of nitrogens with one attached hydrogen (secondary N) is 3. The van der Waals surface area contributed by atoms with Crippen LogP contribution >= 0.6 is 0 Å². The van der Waals surface area contributed by atoms with Crippen LogP contribution in [0.15, 0.2) is 24.3 Å². The van der Waals surface area contributed by atoms with Crippen LogP contribution < -0.4 is 16.4 Å². The Morgan fingerprint density at radius 1 is 1.05 bits per heavy atom. The zero-order valence-electron chi connectivity index (χ0n) is 23.4. The molecular weight excluding hydrogens is 500 g/mol. The number of carbonyl (C=O) groups is 4. The standard InChI is InChI=1S/C26H40N6O3.C2H4O2/c1-31(2)26(35)22(16-18-8-10-19(11-9-18)24(27)28)25(34)29-17-23(33)30-20-12-14-32(15-13-20)21-6-4-3-5-7-21;1-2(3)4/h8-11,20-22H,3-7,12-17H2,1-2H3,(H3,27,28)(H,29,34)(H,30,33);1H3,(H,3,4). The molecule has 0 radical (unpaired) electrons. The van der Waals surface area contributed by atoms with E-state index in [0.717, 1.165) is 38.4 Å². The highest BCUT2D eigenvalue weighted by molar-refractivity contribution is 6.01. The lowest BCUT2D eigenvalue weighted by Gasteiger charge is -2.39. The van der Waals surface area contributed by atoms with Crippen molar-refractivity contribution in [2.75, 3.05) is 33.7 Å². The van der Waals surface area contributed by atoms with Gasteiger partial charge in [-0.1, -0.05) is 43.5 Å². The van der Waals surface area contributed by atoms with E-state index in [4.69, 9.17) is 21.0 Å². The van der Waals surface area contributed by atoms with E-state index in [-0.39, 0.29) is 36.7 Å². The highest BCUT2D eigenvalue weighted by Gasteiger charge is 2.30. The molecule has 1 unspecified atom stereocenters. The van der Waals surface area contributed by atoms with Gasteiger partial charge in [-0.15, -0.1) is 0 Å². The van der Waals surface area contributed by atoms with Crippen LogP contribution in [0.25, 0.3) is 0 Å². The van der Waals surface area contributed by atoms with E-state index >= 15 is 0 Å². The molecule has 1 atom stereocenters. The second-order valence-electron chi connectivity index (χ2n) is 10.5. The smallest absolute Gasteiger partial charge is 0.300 e. The topological polar surface area (TPSA) is 169 Å². The molecule has 0 aromatic heterocycles. The number of carboxylic acid groups (broad SMARTS) is 1. The molecular formula is C28H44N6O5. The van der Waals surface area contributed by atoms with Gasteiger partial charge in [0, 0.05) is 51.8 Å². The van der Waals surface area contributed by atoms with Crippen molar-refractivity contribution >= 4 is 29.5 Å². The summed E-state index contributed by atoms with van der Waals surface area (Å²) >= 11 is 0. The van der Waals surface area contributed by atoms with E-state index in [1.54, 1.807) is 38.4 Å². The Balaban J connectivity index is 0.00000124. The van der Waals surface area contributed by atoms with Gasteiger partial charge in [0.15, 0.2) is 0 Å². The van der Waals surface area contributed by atoms with Crippen LogP contribution in [0.2, 0.25) is 0 Å². The van der Waals surface area contributed by atoms with Gasteiger partial charge in [-0.2, -0.15) is 0 Å². The van der Waals surface area contributed by atoms with Gasteiger partial charge in [0.05, 0.1) is 6.54 Å². The molecule has 1 saturated carbocycles. The Kier molecular flexibility index (Phi) is 12.9. The molecule has 1 aliphatic carbocycles. The zero-order chi connectivity index (χ0) is 28.9. The van der Waals surface area contributed by atoms with Gasteiger partial charge in [0.1, 0.15) is 11.8 Å². The first kappa shape index (κ1) is 31.7. The summed E-state index contributed by atoms with van der Waals surface area (Å²) in [5, 5.41) is 20.6. The third-order valence-electron chi connectivity index (χ3n) is 7.17. The van der Waals surface area contributed by atoms with Crippen molar-refractivity contribution in [3.05, 3.63) is 35.4 Å². The van der Waals surface area contributed by atoms with E-state index in [1.165, 1.54) is 37.0 Å². The molecule has 11 nitrogen and oxygen atoms in total. The number of nitrogen functional groups attached to an aromatic ring is 1. The molecule has 1 aromatic rings. The average Bonchev–Trinajstić information content (AvgIpc) is 2.91. The predicted octanol–water partition coefficient (Wildman–Crippen LogP) is 1.34. The van der Waals surface area contributed by atoms with Crippen molar-refractivity contribution in [1.82, 2.24) is 20.4 Å². The molecule has 3 amide bonds. The second-order valence-corrected chi connectivity index (χ2v) is 10.5. The zero-order valence-corrected chi connectivity index (χ0v) is 23.4. The minimum atomic E-state index is -0.945. The Bertz CT molecular complexity index is 979. The van der Waals surface area contributed by atoms with Crippen molar-refractivity contribution in [2.45, 2.75) is 70.4 Å². The van der Waals surface area contributed by atoms with Crippen molar-refractivity contribution < 1.29 is 24.3 Å². The minimum Gasteiger partial charge on any atom is -0.481 e. The van der Waals surface area contributed by atoms with Crippen molar-refractivity contribution in [3.8, 4) is 0 Å². The predicted molar refractivity (Wildman–Crippen MR) is 149 cm³/mol. The normalized spacial score (nSPS) is 17.2. The first-order valence-electron chi connectivity index (χ1n) is 13.6. The molecule has 11 heteroatoms. The van der Waals surface area contributed by atoms with Gasteiger partial charge >= 0.3 is 0 Å². The van der Waals surface area contributed by atoms with Crippen LogP contribution in [0.4, 0.5) is 0 Å². The van der Waals surface area contributed by atoms with Gasteiger partial charge in [-0.3, -0.25) is 24.6 Å². The number of nitrogens with zero attached hydrogens (tertiary/aromatic N) is 2. The molecule has 6 N–H and O–H groups in total. The monoisotopic (exact) mass is 544 g/mol. The number of rotatable bonds is 9. The van der Waals surface area contributed by atoms with Gasteiger partial charge in [0.2, 0.25) is 17.7 Å². The first-order chi connectivity index (χ1) is 18.5. The van der Waals surface area contributed by atoms with E-state index < -0.39 is 17.8 Å².